The Morgan fingerprint density at radius 1 is 1.38 bits per heavy atom. The Labute approximate surface area is 78.1 Å². The Morgan fingerprint density at radius 2 is 2.15 bits per heavy atom. The number of aliphatic hydroxyl groups excluding tert-OH is 1. The van der Waals surface area contributed by atoms with Gasteiger partial charge in [0, 0.05) is 0 Å². The third-order valence-electron chi connectivity index (χ3n) is 3.55. The smallest absolute Gasteiger partial charge is 0.311 e. The predicted molar refractivity (Wildman–Crippen MR) is 47.0 cm³/mol. The van der Waals surface area contributed by atoms with Gasteiger partial charge in [-0.2, -0.15) is 0 Å². The van der Waals surface area contributed by atoms with Crippen LogP contribution in [0.3, 0.4) is 0 Å². The van der Waals surface area contributed by atoms with Gasteiger partial charge in [0.05, 0.1) is 19.1 Å². The first-order valence-corrected chi connectivity index (χ1v) is 4.98. The van der Waals surface area contributed by atoms with Gasteiger partial charge in [-0.15, -0.1) is 0 Å². The van der Waals surface area contributed by atoms with Crippen molar-refractivity contribution in [3.8, 4) is 0 Å². The van der Waals surface area contributed by atoms with E-state index in [-0.39, 0.29) is 11.9 Å². The maximum atomic E-state index is 11.4. The van der Waals surface area contributed by atoms with Gasteiger partial charge in [-0.05, 0) is 31.1 Å². The van der Waals surface area contributed by atoms with Crippen molar-refractivity contribution < 1.29 is 14.6 Å². The summed E-state index contributed by atoms with van der Waals surface area (Å²) in [5.41, 5.74) is 0. The van der Waals surface area contributed by atoms with Crippen LogP contribution in [0.25, 0.3) is 0 Å². The van der Waals surface area contributed by atoms with Crippen LogP contribution >= 0.6 is 0 Å². The molecule has 2 rings (SSSR count). The molecule has 0 aromatic heterocycles. The molecule has 74 valence electrons. The summed E-state index contributed by atoms with van der Waals surface area (Å²) in [7, 11) is 1.40. The number of hydrogen-bond acceptors (Lipinski definition) is 3. The van der Waals surface area contributed by atoms with E-state index in [0.29, 0.717) is 11.8 Å². The van der Waals surface area contributed by atoms with E-state index in [4.69, 9.17) is 4.74 Å². The molecule has 3 nitrogen and oxygen atoms in total. The molecule has 0 heterocycles. The fourth-order valence-electron chi connectivity index (χ4n) is 2.94. The van der Waals surface area contributed by atoms with Crippen molar-refractivity contribution in [1.29, 1.82) is 0 Å². The van der Waals surface area contributed by atoms with E-state index >= 15 is 0 Å². The molecular formula is C10H16O3. The first-order valence-electron chi connectivity index (χ1n) is 4.98. The van der Waals surface area contributed by atoms with Gasteiger partial charge in [0.15, 0.2) is 0 Å². The summed E-state index contributed by atoms with van der Waals surface area (Å²) >= 11 is 0. The third-order valence-corrected chi connectivity index (χ3v) is 3.55. The number of rotatable bonds is 1. The van der Waals surface area contributed by atoms with Crippen LogP contribution in [0.5, 0.6) is 0 Å². The summed E-state index contributed by atoms with van der Waals surface area (Å²) < 4.78 is 4.71. The van der Waals surface area contributed by atoms with Gasteiger partial charge in [0.25, 0.3) is 0 Å². The summed E-state index contributed by atoms with van der Waals surface area (Å²) in [5, 5.41) is 9.75. The van der Waals surface area contributed by atoms with Crippen LogP contribution in [0.1, 0.15) is 25.7 Å². The average Bonchev–Trinajstić information content (AvgIpc) is 2.48. The van der Waals surface area contributed by atoms with E-state index in [9.17, 15) is 9.90 Å². The highest BCUT2D eigenvalue weighted by Crippen LogP contribution is 2.45. The fourth-order valence-corrected chi connectivity index (χ4v) is 2.94. The number of fused-ring (bicyclic) bond motifs is 2. The van der Waals surface area contributed by atoms with Crippen LogP contribution in [-0.2, 0) is 9.53 Å². The minimum Gasteiger partial charge on any atom is -0.469 e. The van der Waals surface area contributed by atoms with Crippen molar-refractivity contribution in [2.24, 2.45) is 17.8 Å². The molecule has 2 bridgehead atoms. The van der Waals surface area contributed by atoms with Crippen molar-refractivity contribution in [1.82, 2.24) is 0 Å². The molecule has 0 spiro atoms. The van der Waals surface area contributed by atoms with Gasteiger partial charge in [-0.3, -0.25) is 4.79 Å². The molecule has 2 aliphatic rings. The standard InChI is InChI=1S/C10H16O3/c1-13-10(12)9-7-3-2-6(4-7)5-8(9)11/h6-9,11H,2-5H2,1H3. The molecule has 4 unspecified atom stereocenters. The van der Waals surface area contributed by atoms with Crippen LogP contribution in [0.15, 0.2) is 0 Å². The zero-order valence-corrected chi connectivity index (χ0v) is 7.90. The lowest BCUT2D eigenvalue weighted by atomic mass is 9.78. The number of methoxy groups -OCH3 is 1. The minimum atomic E-state index is -0.460. The van der Waals surface area contributed by atoms with Gasteiger partial charge in [0.1, 0.15) is 0 Å². The van der Waals surface area contributed by atoms with Crippen molar-refractivity contribution >= 4 is 5.97 Å². The third kappa shape index (κ3) is 1.46. The molecule has 2 aliphatic carbocycles. The quantitative estimate of drug-likeness (QED) is 0.617. The van der Waals surface area contributed by atoms with Crippen molar-refractivity contribution in [2.45, 2.75) is 31.8 Å². The maximum absolute atomic E-state index is 11.4. The van der Waals surface area contributed by atoms with Gasteiger partial charge in [-0.1, -0.05) is 6.42 Å². The zero-order valence-electron chi connectivity index (χ0n) is 7.90. The van der Waals surface area contributed by atoms with Crippen LogP contribution in [0, 0.1) is 17.8 Å². The summed E-state index contributed by atoms with van der Waals surface area (Å²) in [6.45, 7) is 0. The lowest BCUT2D eigenvalue weighted by molar-refractivity contribution is -0.154. The van der Waals surface area contributed by atoms with Gasteiger partial charge in [0.2, 0.25) is 0 Å². The number of hydrogen-bond donors (Lipinski definition) is 1. The van der Waals surface area contributed by atoms with E-state index in [1.165, 1.54) is 13.5 Å². The van der Waals surface area contributed by atoms with Crippen molar-refractivity contribution in [3.05, 3.63) is 0 Å². The molecule has 1 N–H and O–H groups in total. The highest BCUT2D eigenvalue weighted by Gasteiger charge is 2.45. The fraction of sp³-hybridized carbons (Fsp3) is 0.900. The zero-order chi connectivity index (χ0) is 9.42. The monoisotopic (exact) mass is 184 g/mol. The Bertz CT molecular complexity index is 214. The minimum absolute atomic E-state index is 0.224. The summed E-state index contributed by atoms with van der Waals surface area (Å²) in [6, 6.07) is 0. The molecule has 0 saturated heterocycles. The lowest BCUT2D eigenvalue weighted by Gasteiger charge is -2.31. The number of carbonyl (C=O) groups excluding carboxylic acids is 1. The number of esters is 1. The normalized spacial score (nSPS) is 43.2. The molecule has 0 radical (unpaired) electrons. The molecule has 2 fully saturated rings. The highest BCUT2D eigenvalue weighted by atomic mass is 16.5. The first kappa shape index (κ1) is 9.00. The topological polar surface area (TPSA) is 46.5 Å². The van der Waals surface area contributed by atoms with Crippen molar-refractivity contribution in [2.75, 3.05) is 7.11 Å². The summed E-state index contributed by atoms with van der Waals surface area (Å²) in [6.07, 6.45) is 3.70. The average molecular weight is 184 g/mol. The molecule has 2 saturated carbocycles. The first-order chi connectivity index (χ1) is 6.22. The SMILES string of the molecule is COC(=O)C1C(O)CC2CCC1C2. The van der Waals surface area contributed by atoms with Crippen LogP contribution in [0.4, 0.5) is 0 Å². The van der Waals surface area contributed by atoms with E-state index in [1.54, 1.807) is 0 Å². The van der Waals surface area contributed by atoms with E-state index in [1.807, 2.05) is 0 Å². The van der Waals surface area contributed by atoms with E-state index in [2.05, 4.69) is 0 Å². The molecule has 13 heavy (non-hydrogen) atoms. The molecule has 3 heteroatoms. The van der Waals surface area contributed by atoms with Crippen molar-refractivity contribution in [3.63, 3.8) is 0 Å². The Hall–Kier alpha value is -0.570. The summed E-state index contributed by atoms with van der Waals surface area (Å²) in [5.74, 6) is 0.559. The molecular weight excluding hydrogens is 168 g/mol. The number of carbonyl (C=O) groups is 1. The molecule has 0 aromatic rings. The molecule has 4 atom stereocenters. The molecule has 0 amide bonds. The summed E-state index contributed by atoms with van der Waals surface area (Å²) in [4.78, 5) is 11.4. The largest absolute Gasteiger partial charge is 0.469 e. The van der Waals surface area contributed by atoms with Crippen LogP contribution in [0.2, 0.25) is 0 Å². The number of ether oxygens (including phenoxy) is 1. The van der Waals surface area contributed by atoms with Gasteiger partial charge in [-0.25, -0.2) is 0 Å². The van der Waals surface area contributed by atoms with E-state index in [0.717, 1.165) is 19.3 Å². The Kier molecular flexibility index (Phi) is 2.28. The Morgan fingerprint density at radius 3 is 2.85 bits per heavy atom. The highest BCUT2D eigenvalue weighted by molar-refractivity contribution is 5.73. The van der Waals surface area contributed by atoms with E-state index < -0.39 is 6.10 Å². The molecule has 0 aromatic carbocycles. The Balaban J connectivity index is 2.11. The van der Waals surface area contributed by atoms with Gasteiger partial charge < -0.3 is 9.84 Å². The predicted octanol–water partition coefficient (Wildman–Crippen LogP) is 0.956. The second-order valence-corrected chi connectivity index (χ2v) is 4.29. The lowest BCUT2D eigenvalue weighted by Crippen LogP contribution is -2.38. The maximum Gasteiger partial charge on any atom is 0.311 e. The second-order valence-electron chi connectivity index (χ2n) is 4.29. The van der Waals surface area contributed by atoms with Crippen LogP contribution < -0.4 is 0 Å². The van der Waals surface area contributed by atoms with Gasteiger partial charge >= 0.3 is 5.97 Å². The van der Waals surface area contributed by atoms with Crippen LogP contribution in [-0.4, -0.2) is 24.3 Å². The second kappa shape index (κ2) is 3.29. The number of aliphatic hydroxyl groups is 1. The molecule has 0 aliphatic heterocycles.